The van der Waals surface area contributed by atoms with Gasteiger partial charge in [-0.15, -0.1) is 13.0 Å². The molecular formula is C15H19NO2S. The molecule has 19 heavy (non-hydrogen) atoms. The third-order valence-corrected chi connectivity index (χ3v) is 4.82. The fourth-order valence-corrected chi connectivity index (χ4v) is 3.39. The van der Waals surface area contributed by atoms with Crippen LogP contribution in [-0.4, -0.2) is 25.3 Å². The van der Waals surface area contributed by atoms with Crippen molar-refractivity contribution in [3.63, 3.8) is 0 Å². The van der Waals surface area contributed by atoms with Gasteiger partial charge in [0.2, 0.25) is 10.0 Å². The third kappa shape index (κ3) is 3.46. The van der Waals surface area contributed by atoms with Gasteiger partial charge in [-0.3, -0.25) is 0 Å². The standard InChI is InChI=1S/C15H19NO2S/c1-5-12-16(14(6-2)7-3)19(17,18)15-10-8-13(4)9-11-15/h1,6,8-11,14H,2,7,12H2,3-4H3. The van der Waals surface area contributed by atoms with E-state index in [4.69, 9.17) is 6.42 Å². The largest absolute Gasteiger partial charge is 0.244 e. The maximum atomic E-state index is 12.6. The number of nitrogens with zero attached hydrogens (tertiary/aromatic N) is 1. The van der Waals surface area contributed by atoms with Crippen molar-refractivity contribution in [2.24, 2.45) is 0 Å². The molecule has 0 fully saturated rings. The molecule has 0 spiro atoms. The summed E-state index contributed by atoms with van der Waals surface area (Å²) in [6, 6.07) is 6.46. The molecule has 0 aliphatic carbocycles. The molecule has 0 heterocycles. The Morgan fingerprint density at radius 1 is 1.42 bits per heavy atom. The summed E-state index contributed by atoms with van der Waals surface area (Å²) in [5.74, 6) is 2.40. The average Bonchev–Trinajstić information content (AvgIpc) is 2.39. The SMILES string of the molecule is C#CCN(C(C=C)CC)S(=O)(=O)c1ccc(C)cc1. The Balaban J connectivity index is 3.23. The Labute approximate surface area is 116 Å². The van der Waals surface area contributed by atoms with Crippen LogP contribution in [0, 0.1) is 19.3 Å². The predicted octanol–water partition coefficient (Wildman–Crippen LogP) is 2.58. The van der Waals surface area contributed by atoms with Crippen LogP contribution in [0.3, 0.4) is 0 Å². The molecule has 1 rings (SSSR count). The smallest absolute Gasteiger partial charge is 0.207 e. The van der Waals surface area contributed by atoms with Crippen LogP contribution in [0.25, 0.3) is 0 Å². The van der Waals surface area contributed by atoms with Crippen LogP contribution in [0.5, 0.6) is 0 Å². The minimum atomic E-state index is -3.58. The fraction of sp³-hybridized carbons (Fsp3) is 0.333. The van der Waals surface area contributed by atoms with Crippen LogP contribution in [-0.2, 0) is 10.0 Å². The molecule has 1 aromatic carbocycles. The number of aryl methyl sites for hydroxylation is 1. The lowest BCUT2D eigenvalue weighted by Gasteiger charge is -2.26. The maximum Gasteiger partial charge on any atom is 0.244 e. The zero-order chi connectivity index (χ0) is 14.5. The highest BCUT2D eigenvalue weighted by Gasteiger charge is 2.28. The van der Waals surface area contributed by atoms with E-state index in [0.717, 1.165) is 5.56 Å². The summed E-state index contributed by atoms with van der Waals surface area (Å²) >= 11 is 0. The minimum absolute atomic E-state index is 0.0424. The van der Waals surface area contributed by atoms with Gasteiger partial charge in [0.15, 0.2) is 0 Å². The quantitative estimate of drug-likeness (QED) is 0.592. The van der Waals surface area contributed by atoms with Crippen LogP contribution in [0.4, 0.5) is 0 Å². The van der Waals surface area contributed by atoms with E-state index >= 15 is 0 Å². The lowest BCUT2D eigenvalue weighted by molar-refractivity contribution is 0.386. The second kappa shape index (κ2) is 6.55. The molecule has 0 aromatic heterocycles. The van der Waals surface area contributed by atoms with E-state index in [2.05, 4.69) is 12.5 Å². The monoisotopic (exact) mass is 277 g/mol. The summed E-state index contributed by atoms with van der Waals surface area (Å²) in [6.45, 7) is 7.54. The van der Waals surface area contributed by atoms with Gasteiger partial charge in [-0.2, -0.15) is 4.31 Å². The number of rotatable bonds is 6. The number of hydrogen-bond donors (Lipinski definition) is 0. The molecule has 0 aliphatic rings. The molecule has 0 saturated heterocycles. The molecule has 0 amide bonds. The molecule has 1 atom stereocenters. The van der Waals surface area contributed by atoms with Crippen LogP contribution < -0.4 is 0 Å². The zero-order valence-electron chi connectivity index (χ0n) is 11.3. The van der Waals surface area contributed by atoms with Crippen molar-refractivity contribution in [3.05, 3.63) is 42.5 Å². The lowest BCUT2D eigenvalue weighted by Crippen LogP contribution is -2.39. The van der Waals surface area contributed by atoms with Crippen molar-refractivity contribution < 1.29 is 8.42 Å². The first-order valence-corrected chi connectivity index (χ1v) is 7.56. The molecule has 1 aromatic rings. The van der Waals surface area contributed by atoms with Crippen molar-refractivity contribution in [1.82, 2.24) is 4.31 Å². The van der Waals surface area contributed by atoms with Gasteiger partial charge >= 0.3 is 0 Å². The Bertz CT molecular complexity index is 567. The second-order valence-corrected chi connectivity index (χ2v) is 6.17. The topological polar surface area (TPSA) is 37.4 Å². The summed E-state index contributed by atoms with van der Waals surface area (Å²) in [4.78, 5) is 0.258. The molecule has 4 heteroatoms. The van der Waals surface area contributed by atoms with Crippen molar-refractivity contribution in [2.45, 2.75) is 31.2 Å². The average molecular weight is 277 g/mol. The fourth-order valence-electron chi connectivity index (χ4n) is 1.80. The molecule has 3 nitrogen and oxygen atoms in total. The van der Waals surface area contributed by atoms with Gasteiger partial charge in [0, 0.05) is 6.04 Å². The lowest BCUT2D eigenvalue weighted by atomic mass is 10.2. The van der Waals surface area contributed by atoms with E-state index in [1.807, 2.05) is 13.8 Å². The van der Waals surface area contributed by atoms with Crippen LogP contribution in [0.2, 0.25) is 0 Å². The van der Waals surface area contributed by atoms with E-state index < -0.39 is 10.0 Å². The molecule has 1 unspecified atom stereocenters. The summed E-state index contributed by atoms with van der Waals surface area (Å²) in [5, 5.41) is 0. The van der Waals surface area contributed by atoms with Crippen molar-refractivity contribution in [2.75, 3.05) is 6.54 Å². The van der Waals surface area contributed by atoms with Crippen molar-refractivity contribution >= 4 is 10.0 Å². The van der Waals surface area contributed by atoms with Gasteiger partial charge in [-0.1, -0.05) is 36.6 Å². The van der Waals surface area contributed by atoms with E-state index in [0.29, 0.717) is 6.42 Å². The highest BCUT2D eigenvalue weighted by atomic mass is 32.2. The Morgan fingerprint density at radius 3 is 2.42 bits per heavy atom. The van der Waals surface area contributed by atoms with Gasteiger partial charge in [-0.25, -0.2) is 8.42 Å². The predicted molar refractivity (Wildman–Crippen MR) is 78.2 cm³/mol. The van der Waals surface area contributed by atoms with E-state index in [1.165, 1.54) is 4.31 Å². The van der Waals surface area contributed by atoms with Gasteiger partial charge < -0.3 is 0 Å². The zero-order valence-corrected chi connectivity index (χ0v) is 12.2. The molecule has 102 valence electrons. The van der Waals surface area contributed by atoms with Crippen LogP contribution in [0.15, 0.2) is 41.8 Å². The normalized spacial score (nSPS) is 12.9. The van der Waals surface area contributed by atoms with Gasteiger partial charge in [0.05, 0.1) is 11.4 Å². The first kappa shape index (κ1) is 15.5. The van der Waals surface area contributed by atoms with E-state index in [-0.39, 0.29) is 17.5 Å². The number of hydrogen-bond acceptors (Lipinski definition) is 2. The summed E-state index contributed by atoms with van der Waals surface area (Å²) in [6.07, 6.45) is 7.53. The number of sulfonamides is 1. The van der Waals surface area contributed by atoms with Gasteiger partial charge in [0.25, 0.3) is 0 Å². The first-order valence-electron chi connectivity index (χ1n) is 6.11. The summed E-state index contributed by atoms with van der Waals surface area (Å²) in [5.41, 5.74) is 1.01. The highest BCUT2D eigenvalue weighted by Crippen LogP contribution is 2.20. The molecule has 0 radical (unpaired) electrons. The molecular weight excluding hydrogens is 258 g/mol. The van der Waals surface area contributed by atoms with E-state index in [9.17, 15) is 8.42 Å². The maximum absolute atomic E-state index is 12.6. The first-order chi connectivity index (χ1) is 8.97. The molecule has 0 bridgehead atoms. The van der Waals surface area contributed by atoms with Gasteiger partial charge in [-0.05, 0) is 25.5 Å². The van der Waals surface area contributed by atoms with Crippen LogP contribution >= 0.6 is 0 Å². The number of benzene rings is 1. The highest BCUT2D eigenvalue weighted by molar-refractivity contribution is 7.89. The second-order valence-electron chi connectivity index (χ2n) is 4.28. The van der Waals surface area contributed by atoms with Crippen LogP contribution in [0.1, 0.15) is 18.9 Å². The molecule has 0 saturated carbocycles. The summed E-state index contributed by atoms with van der Waals surface area (Å²) < 4.78 is 26.5. The Morgan fingerprint density at radius 2 is 2.00 bits per heavy atom. The third-order valence-electron chi connectivity index (χ3n) is 2.93. The Hall–Kier alpha value is -1.57. The Kier molecular flexibility index (Phi) is 5.34. The molecule has 0 N–H and O–H groups in total. The number of terminal acetylenes is 1. The molecule has 0 aliphatic heterocycles. The van der Waals surface area contributed by atoms with E-state index in [1.54, 1.807) is 30.3 Å². The summed E-state index contributed by atoms with van der Waals surface area (Å²) in [7, 11) is -3.58. The van der Waals surface area contributed by atoms with Crippen molar-refractivity contribution in [3.8, 4) is 12.3 Å². The minimum Gasteiger partial charge on any atom is -0.207 e. The van der Waals surface area contributed by atoms with Crippen molar-refractivity contribution in [1.29, 1.82) is 0 Å². The van der Waals surface area contributed by atoms with Gasteiger partial charge in [0.1, 0.15) is 0 Å².